The number of hydrogen-bond acceptors (Lipinski definition) is 5. The number of aliphatic hydroxyl groups is 1. The molecule has 0 amide bonds. The first-order chi connectivity index (χ1) is 11.5. The van der Waals surface area contributed by atoms with Crippen molar-refractivity contribution >= 4 is 15.9 Å². The number of benzene rings is 2. The number of nitrogens with zero attached hydrogens (tertiary/aromatic N) is 1. The minimum absolute atomic E-state index is 0.00325. The number of rotatable bonds is 6. The van der Waals surface area contributed by atoms with Gasteiger partial charge in [0.1, 0.15) is 11.0 Å². The Labute approximate surface area is 141 Å². The molecule has 2 rings (SSSR count). The average Bonchev–Trinajstić information content (AvgIpc) is 2.61. The summed E-state index contributed by atoms with van der Waals surface area (Å²) in [5.41, 5.74) is 7.33. The standard InChI is InChI=1S/C18H18N2O3S/c19-13-17(24(22,23)16-4-2-1-3-5-16)12-14-6-8-15(9-7-14)18(20)10-11-21/h1-9,12,18,21H,10-11,20H2/b17-12+. The lowest BCUT2D eigenvalue weighted by molar-refractivity contribution is 0.276. The summed E-state index contributed by atoms with van der Waals surface area (Å²) in [7, 11) is -3.84. The fourth-order valence-corrected chi connectivity index (χ4v) is 3.37. The van der Waals surface area contributed by atoms with Crippen molar-refractivity contribution in [2.45, 2.75) is 17.4 Å². The summed E-state index contributed by atoms with van der Waals surface area (Å²) in [6.45, 7) is -0.00325. The summed E-state index contributed by atoms with van der Waals surface area (Å²) in [5, 5.41) is 18.2. The summed E-state index contributed by atoms with van der Waals surface area (Å²) in [6, 6.07) is 16.2. The molecule has 2 aromatic carbocycles. The molecule has 0 spiro atoms. The fraction of sp³-hybridized carbons (Fsp3) is 0.167. The van der Waals surface area contributed by atoms with Crippen molar-refractivity contribution in [1.82, 2.24) is 0 Å². The molecule has 2 aromatic rings. The van der Waals surface area contributed by atoms with Gasteiger partial charge in [0, 0.05) is 12.6 Å². The van der Waals surface area contributed by atoms with Crippen LogP contribution in [0.2, 0.25) is 0 Å². The number of sulfone groups is 1. The van der Waals surface area contributed by atoms with Crippen LogP contribution in [0.1, 0.15) is 23.6 Å². The highest BCUT2D eigenvalue weighted by Gasteiger charge is 2.20. The zero-order valence-electron chi connectivity index (χ0n) is 13.0. The molecular formula is C18H18N2O3S. The second-order valence-corrected chi connectivity index (χ2v) is 7.14. The molecule has 0 aromatic heterocycles. The molecule has 124 valence electrons. The van der Waals surface area contributed by atoms with Crippen molar-refractivity contribution in [2.75, 3.05) is 6.61 Å². The van der Waals surface area contributed by atoms with Crippen LogP contribution in [0.5, 0.6) is 0 Å². The molecule has 3 N–H and O–H groups in total. The van der Waals surface area contributed by atoms with E-state index >= 15 is 0 Å². The summed E-state index contributed by atoms with van der Waals surface area (Å²) in [5.74, 6) is 0. The van der Waals surface area contributed by atoms with Crippen LogP contribution in [-0.4, -0.2) is 20.1 Å². The second-order valence-electron chi connectivity index (χ2n) is 5.22. The monoisotopic (exact) mass is 342 g/mol. The lowest BCUT2D eigenvalue weighted by Crippen LogP contribution is -2.11. The number of nitriles is 1. The number of aliphatic hydroxyl groups excluding tert-OH is 1. The van der Waals surface area contributed by atoms with E-state index in [1.54, 1.807) is 48.5 Å². The molecule has 0 bridgehead atoms. The molecule has 0 fully saturated rings. The maximum atomic E-state index is 12.5. The minimum Gasteiger partial charge on any atom is -0.396 e. The lowest BCUT2D eigenvalue weighted by Gasteiger charge is -2.10. The van der Waals surface area contributed by atoms with Crippen LogP contribution in [0.4, 0.5) is 0 Å². The summed E-state index contributed by atoms with van der Waals surface area (Å²) >= 11 is 0. The van der Waals surface area contributed by atoms with E-state index in [0.717, 1.165) is 5.56 Å². The van der Waals surface area contributed by atoms with Gasteiger partial charge in [-0.1, -0.05) is 42.5 Å². The molecule has 0 aliphatic carbocycles. The van der Waals surface area contributed by atoms with Gasteiger partial charge in [0.2, 0.25) is 9.84 Å². The molecular weight excluding hydrogens is 324 g/mol. The number of allylic oxidation sites excluding steroid dienone is 1. The molecule has 1 atom stereocenters. The maximum absolute atomic E-state index is 12.5. The fourth-order valence-electron chi connectivity index (χ4n) is 2.19. The zero-order valence-corrected chi connectivity index (χ0v) is 13.8. The second kappa shape index (κ2) is 7.88. The Kier molecular flexibility index (Phi) is 5.88. The van der Waals surface area contributed by atoms with Crippen LogP contribution < -0.4 is 5.73 Å². The Bertz CT molecular complexity index is 851. The van der Waals surface area contributed by atoms with Crippen LogP contribution in [0, 0.1) is 11.3 Å². The third kappa shape index (κ3) is 4.09. The number of hydrogen-bond donors (Lipinski definition) is 2. The minimum atomic E-state index is -3.84. The molecule has 0 radical (unpaired) electrons. The van der Waals surface area contributed by atoms with Gasteiger partial charge in [-0.05, 0) is 35.8 Å². The largest absolute Gasteiger partial charge is 0.396 e. The number of nitrogens with two attached hydrogens (primary N) is 1. The summed E-state index contributed by atoms with van der Waals surface area (Å²) in [4.78, 5) is -0.236. The average molecular weight is 342 g/mol. The van der Waals surface area contributed by atoms with Crippen LogP contribution in [-0.2, 0) is 9.84 Å². The Balaban J connectivity index is 2.33. The van der Waals surface area contributed by atoms with E-state index in [1.165, 1.54) is 18.2 Å². The topological polar surface area (TPSA) is 104 Å². The molecule has 6 heteroatoms. The Morgan fingerprint density at radius 1 is 1.17 bits per heavy atom. The van der Waals surface area contributed by atoms with Crippen molar-refractivity contribution < 1.29 is 13.5 Å². The van der Waals surface area contributed by atoms with E-state index in [4.69, 9.17) is 10.8 Å². The molecule has 0 saturated heterocycles. The summed E-state index contributed by atoms with van der Waals surface area (Å²) < 4.78 is 25.0. The van der Waals surface area contributed by atoms with E-state index in [1.807, 2.05) is 0 Å². The summed E-state index contributed by atoms with van der Waals surface area (Å²) in [6.07, 6.45) is 1.78. The third-order valence-corrected chi connectivity index (χ3v) is 5.24. The van der Waals surface area contributed by atoms with Gasteiger partial charge >= 0.3 is 0 Å². The van der Waals surface area contributed by atoms with E-state index in [0.29, 0.717) is 12.0 Å². The molecule has 5 nitrogen and oxygen atoms in total. The van der Waals surface area contributed by atoms with Gasteiger partial charge in [-0.2, -0.15) is 5.26 Å². The van der Waals surface area contributed by atoms with E-state index in [-0.39, 0.29) is 22.4 Å². The maximum Gasteiger partial charge on any atom is 0.216 e. The molecule has 0 heterocycles. The highest BCUT2D eigenvalue weighted by Crippen LogP contribution is 2.22. The Morgan fingerprint density at radius 2 is 1.79 bits per heavy atom. The van der Waals surface area contributed by atoms with E-state index < -0.39 is 9.84 Å². The molecule has 0 saturated carbocycles. The van der Waals surface area contributed by atoms with Crippen LogP contribution in [0.3, 0.4) is 0 Å². The quantitative estimate of drug-likeness (QED) is 0.785. The van der Waals surface area contributed by atoms with Crippen LogP contribution in [0.15, 0.2) is 64.4 Å². The van der Waals surface area contributed by atoms with Gasteiger partial charge in [-0.25, -0.2) is 8.42 Å². The van der Waals surface area contributed by atoms with Gasteiger partial charge in [0.05, 0.1) is 4.90 Å². The van der Waals surface area contributed by atoms with E-state index in [2.05, 4.69) is 0 Å². The molecule has 0 aliphatic rings. The molecule has 0 aliphatic heterocycles. The predicted octanol–water partition coefficient (Wildman–Crippen LogP) is 2.41. The molecule has 24 heavy (non-hydrogen) atoms. The first kappa shape index (κ1) is 17.9. The van der Waals surface area contributed by atoms with Crippen molar-refractivity contribution in [3.8, 4) is 6.07 Å². The van der Waals surface area contributed by atoms with Crippen LogP contribution in [0.25, 0.3) is 6.08 Å². The Hall–Kier alpha value is -2.46. The zero-order chi connectivity index (χ0) is 17.6. The van der Waals surface area contributed by atoms with E-state index in [9.17, 15) is 13.7 Å². The lowest BCUT2D eigenvalue weighted by atomic mass is 10.0. The first-order valence-corrected chi connectivity index (χ1v) is 8.85. The highest BCUT2D eigenvalue weighted by molar-refractivity contribution is 7.95. The van der Waals surface area contributed by atoms with Gasteiger partial charge in [-0.15, -0.1) is 0 Å². The third-order valence-electron chi connectivity index (χ3n) is 3.56. The van der Waals surface area contributed by atoms with Gasteiger partial charge in [0.15, 0.2) is 0 Å². The molecule has 1 unspecified atom stereocenters. The van der Waals surface area contributed by atoms with Crippen molar-refractivity contribution in [3.05, 3.63) is 70.6 Å². The van der Waals surface area contributed by atoms with Crippen molar-refractivity contribution in [1.29, 1.82) is 5.26 Å². The normalized spacial score (nSPS) is 13.3. The van der Waals surface area contributed by atoms with Gasteiger partial charge < -0.3 is 10.8 Å². The SMILES string of the molecule is N#C/C(=C\c1ccc(C(N)CCO)cc1)S(=O)(=O)c1ccccc1. The smallest absolute Gasteiger partial charge is 0.216 e. The van der Waals surface area contributed by atoms with Gasteiger partial charge in [0.25, 0.3) is 0 Å². The first-order valence-electron chi connectivity index (χ1n) is 7.37. The highest BCUT2D eigenvalue weighted by atomic mass is 32.2. The Morgan fingerprint density at radius 3 is 2.33 bits per heavy atom. The van der Waals surface area contributed by atoms with Gasteiger partial charge in [-0.3, -0.25) is 0 Å². The van der Waals surface area contributed by atoms with Crippen LogP contribution >= 0.6 is 0 Å². The van der Waals surface area contributed by atoms with Crippen molar-refractivity contribution in [3.63, 3.8) is 0 Å². The van der Waals surface area contributed by atoms with Crippen molar-refractivity contribution in [2.24, 2.45) is 5.73 Å². The predicted molar refractivity (Wildman–Crippen MR) is 92.3 cm³/mol.